The Morgan fingerprint density at radius 2 is 2.29 bits per heavy atom. The van der Waals surface area contributed by atoms with Gasteiger partial charge in [-0.3, -0.25) is 9.78 Å². The zero-order valence-electron chi connectivity index (χ0n) is 12.5. The quantitative estimate of drug-likeness (QED) is 0.798. The van der Waals surface area contributed by atoms with E-state index in [1.165, 1.54) is 6.42 Å². The fourth-order valence-corrected chi connectivity index (χ4v) is 2.53. The molecule has 0 spiro atoms. The Labute approximate surface area is 125 Å². The van der Waals surface area contributed by atoms with Crippen LogP contribution in [0, 0.1) is 11.8 Å². The van der Waals surface area contributed by atoms with Crippen LogP contribution in [0.15, 0.2) is 18.5 Å². The van der Waals surface area contributed by atoms with Crippen LogP contribution < -0.4 is 5.32 Å². The molecule has 0 saturated heterocycles. The van der Waals surface area contributed by atoms with E-state index in [0.29, 0.717) is 17.7 Å². The van der Waals surface area contributed by atoms with Crippen molar-refractivity contribution in [2.24, 2.45) is 0 Å². The summed E-state index contributed by atoms with van der Waals surface area (Å²) in [5, 5.41) is 11.8. The van der Waals surface area contributed by atoms with E-state index in [-0.39, 0.29) is 18.1 Å². The lowest BCUT2D eigenvalue weighted by Crippen LogP contribution is -2.57. The maximum atomic E-state index is 12.4. The zero-order valence-corrected chi connectivity index (χ0v) is 12.5. The van der Waals surface area contributed by atoms with E-state index in [2.05, 4.69) is 41.1 Å². The zero-order chi connectivity index (χ0) is 15.3. The second kappa shape index (κ2) is 6.70. The Morgan fingerprint density at radius 1 is 1.52 bits per heavy atom. The van der Waals surface area contributed by atoms with Crippen molar-refractivity contribution < 1.29 is 9.90 Å². The molecule has 1 aromatic rings. The number of likely N-dealkylation sites (N-methyl/N-ethyl adjacent to an activating group) is 1. The number of nitrogens with zero attached hydrogens (tertiary/aromatic N) is 2. The molecule has 1 amide bonds. The van der Waals surface area contributed by atoms with Gasteiger partial charge in [0.05, 0.1) is 11.1 Å². The standard InChI is InChI=1S/C16H21N3O2/c1-19(2)16(7-4-8-16)12-18-15(21)14-6-9-17-11-13(14)5-3-10-20/h6,9,11,20H,4,7-8,10,12H2,1-2H3,(H,18,21). The summed E-state index contributed by atoms with van der Waals surface area (Å²) >= 11 is 0. The van der Waals surface area contributed by atoms with Gasteiger partial charge in [-0.25, -0.2) is 0 Å². The summed E-state index contributed by atoms with van der Waals surface area (Å²) in [5.41, 5.74) is 1.12. The molecule has 0 aromatic carbocycles. The lowest BCUT2D eigenvalue weighted by Gasteiger charge is -2.47. The molecule has 112 valence electrons. The number of aromatic nitrogens is 1. The van der Waals surface area contributed by atoms with Gasteiger partial charge < -0.3 is 15.3 Å². The molecule has 2 N–H and O–H groups in total. The monoisotopic (exact) mass is 287 g/mol. The van der Waals surface area contributed by atoms with Gasteiger partial charge in [0.1, 0.15) is 6.61 Å². The van der Waals surface area contributed by atoms with Gasteiger partial charge in [0.2, 0.25) is 0 Å². The Morgan fingerprint density at radius 3 is 2.86 bits per heavy atom. The van der Waals surface area contributed by atoms with Crippen LogP contribution in [0.4, 0.5) is 0 Å². The summed E-state index contributed by atoms with van der Waals surface area (Å²) in [4.78, 5) is 18.5. The van der Waals surface area contributed by atoms with Crippen LogP contribution in [0.2, 0.25) is 0 Å². The predicted octanol–water partition coefficient (Wildman–Crippen LogP) is 0.639. The van der Waals surface area contributed by atoms with Crippen LogP contribution in [0.5, 0.6) is 0 Å². The molecule has 2 rings (SSSR count). The lowest BCUT2D eigenvalue weighted by molar-refractivity contribution is 0.0557. The molecule has 0 unspecified atom stereocenters. The van der Waals surface area contributed by atoms with Gasteiger partial charge in [0.15, 0.2) is 0 Å². The molecule has 5 heteroatoms. The number of nitrogens with one attached hydrogen (secondary N) is 1. The van der Waals surface area contributed by atoms with Crippen LogP contribution in [0.3, 0.4) is 0 Å². The number of pyridine rings is 1. The van der Waals surface area contributed by atoms with E-state index in [4.69, 9.17) is 5.11 Å². The van der Waals surface area contributed by atoms with Crippen molar-refractivity contribution in [3.63, 3.8) is 0 Å². The molecule has 1 aliphatic rings. The number of hydrogen-bond acceptors (Lipinski definition) is 4. The van der Waals surface area contributed by atoms with Gasteiger partial charge in [-0.05, 0) is 39.4 Å². The van der Waals surface area contributed by atoms with E-state index in [0.717, 1.165) is 12.8 Å². The van der Waals surface area contributed by atoms with Gasteiger partial charge in [0.25, 0.3) is 5.91 Å². The van der Waals surface area contributed by atoms with Gasteiger partial charge in [-0.1, -0.05) is 11.8 Å². The van der Waals surface area contributed by atoms with Crippen LogP contribution in [0.25, 0.3) is 0 Å². The Hall–Kier alpha value is -1.90. The van der Waals surface area contributed by atoms with E-state index < -0.39 is 0 Å². The lowest BCUT2D eigenvalue weighted by atomic mass is 9.75. The molecule has 0 bridgehead atoms. The van der Waals surface area contributed by atoms with Crippen molar-refractivity contribution in [1.82, 2.24) is 15.2 Å². The highest BCUT2D eigenvalue weighted by Crippen LogP contribution is 2.35. The second-order valence-electron chi connectivity index (χ2n) is 5.54. The number of carbonyl (C=O) groups excluding carboxylic acids is 1. The Balaban J connectivity index is 2.07. The number of aliphatic hydroxyl groups excluding tert-OH is 1. The SMILES string of the molecule is CN(C)C1(CNC(=O)c2ccncc2C#CCO)CCC1. The van der Waals surface area contributed by atoms with Crippen molar-refractivity contribution >= 4 is 5.91 Å². The maximum Gasteiger partial charge on any atom is 0.252 e. The predicted molar refractivity (Wildman–Crippen MR) is 80.8 cm³/mol. The third-order valence-electron chi connectivity index (χ3n) is 4.18. The first-order valence-corrected chi connectivity index (χ1v) is 7.08. The molecule has 21 heavy (non-hydrogen) atoms. The highest BCUT2D eigenvalue weighted by molar-refractivity contribution is 5.96. The van der Waals surface area contributed by atoms with E-state index in [9.17, 15) is 4.79 Å². The molecule has 1 aliphatic carbocycles. The minimum Gasteiger partial charge on any atom is -0.384 e. The first-order valence-electron chi connectivity index (χ1n) is 7.08. The van der Waals surface area contributed by atoms with Gasteiger partial charge in [-0.15, -0.1) is 0 Å². The normalized spacial score (nSPS) is 15.8. The van der Waals surface area contributed by atoms with Gasteiger partial charge >= 0.3 is 0 Å². The van der Waals surface area contributed by atoms with Crippen molar-refractivity contribution in [1.29, 1.82) is 0 Å². The molecule has 1 aromatic heterocycles. The summed E-state index contributed by atoms with van der Waals surface area (Å²) in [5.74, 6) is 5.16. The Bertz CT molecular complexity index is 568. The van der Waals surface area contributed by atoms with Gasteiger partial charge in [-0.2, -0.15) is 0 Å². The first-order chi connectivity index (χ1) is 10.1. The van der Waals surface area contributed by atoms with Crippen LogP contribution in [0.1, 0.15) is 35.2 Å². The molecular weight excluding hydrogens is 266 g/mol. The number of aliphatic hydroxyl groups is 1. The minimum atomic E-state index is -0.236. The van der Waals surface area contributed by atoms with Crippen molar-refractivity contribution in [3.05, 3.63) is 29.6 Å². The number of hydrogen-bond donors (Lipinski definition) is 2. The second-order valence-corrected chi connectivity index (χ2v) is 5.54. The average molecular weight is 287 g/mol. The number of rotatable bonds is 4. The first kappa shape index (κ1) is 15.5. The highest BCUT2D eigenvalue weighted by Gasteiger charge is 2.39. The summed E-state index contributed by atoms with van der Waals surface area (Å²) < 4.78 is 0. The molecule has 1 fully saturated rings. The molecule has 5 nitrogen and oxygen atoms in total. The average Bonchev–Trinajstić information content (AvgIpc) is 2.43. The summed E-state index contributed by atoms with van der Waals surface area (Å²) in [6.45, 7) is 0.397. The fraction of sp³-hybridized carbons (Fsp3) is 0.500. The molecule has 1 saturated carbocycles. The minimum absolute atomic E-state index is 0.0830. The van der Waals surface area contributed by atoms with Crippen molar-refractivity contribution in [2.75, 3.05) is 27.2 Å². The Kier molecular flexibility index (Phi) is 4.94. The van der Waals surface area contributed by atoms with Crippen LogP contribution >= 0.6 is 0 Å². The van der Waals surface area contributed by atoms with Gasteiger partial charge in [0, 0.05) is 24.5 Å². The van der Waals surface area contributed by atoms with E-state index in [1.807, 2.05) is 0 Å². The summed E-state index contributed by atoms with van der Waals surface area (Å²) in [7, 11) is 4.10. The third kappa shape index (κ3) is 3.41. The smallest absolute Gasteiger partial charge is 0.252 e. The molecule has 0 radical (unpaired) electrons. The number of carbonyl (C=O) groups is 1. The largest absolute Gasteiger partial charge is 0.384 e. The molecule has 0 aliphatic heterocycles. The maximum absolute atomic E-state index is 12.4. The summed E-state index contributed by atoms with van der Waals surface area (Å²) in [6, 6.07) is 1.65. The topological polar surface area (TPSA) is 65.5 Å². The third-order valence-corrected chi connectivity index (χ3v) is 4.18. The highest BCUT2D eigenvalue weighted by atomic mass is 16.2. The van der Waals surface area contributed by atoms with Crippen molar-refractivity contribution in [2.45, 2.75) is 24.8 Å². The van der Waals surface area contributed by atoms with E-state index in [1.54, 1.807) is 18.5 Å². The van der Waals surface area contributed by atoms with Crippen LogP contribution in [-0.2, 0) is 0 Å². The van der Waals surface area contributed by atoms with E-state index >= 15 is 0 Å². The fourth-order valence-electron chi connectivity index (χ4n) is 2.53. The van der Waals surface area contributed by atoms with Crippen LogP contribution in [-0.4, -0.2) is 53.7 Å². The van der Waals surface area contributed by atoms with Crippen molar-refractivity contribution in [3.8, 4) is 11.8 Å². The summed E-state index contributed by atoms with van der Waals surface area (Å²) in [6.07, 6.45) is 6.53. The molecule has 0 atom stereocenters. The molecule has 1 heterocycles. The molecular formula is C16H21N3O2. The number of amides is 1.